The Bertz CT molecular complexity index is 974. The first-order valence-electron chi connectivity index (χ1n) is 11.7. The number of ketones is 2. The van der Waals surface area contributed by atoms with Crippen LogP contribution in [-0.4, -0.2) is 42.6 Å². The Morgan fingerprint density at radius 2 is 1.26 bits per heavy atom. The number of carboxylic acids is 1. The second kappa shape index (κ2) is 26.5. The quantitative estimate of drug-likeness (QED) is 0.113. The van der Waals surface area contributed by atoms with Crippen molar-refractivity contribution in [2.75, 3.05) is 11.5 Å². The third-order valence-corrected chi connectivity index (χ3v) is 8.21. The zero-order valence-corrected chi connectivity index (χ0v) is 24.8. The molecule has 0 amide bonds. The summed E-state index contributed by atoms with van der Waals surface area (Å²) in [5.74, 6) is 0.181. The van der Waals surface area contributed by atoms with E-state index in [1.807, 2.05) is 18.9 Å². The van der Waals surface area contributed by atoms with Crippen LogP contribution in [-0.2, 0) is 59.9 Å². The van der Waals surface area contributed by atoms with E-state index < -0.39 is 15.8 Å². The average Bonchev–Trinajstić information content (AvgIpc) is 3.63. The molecule has 1 aliphatic rings. The molecule has 1 aromatic heterocycles. The van der Waals surface area contributed by atoms with Crippen LogP contribution < -0.4 is 0 Å². The van der Waals surface area contributed by atoms with Gasteiger partial charge in [-0.3, -0.25) is 14.4 Å². The molecule has 1 aromatic rings. The molecule has 9 nitrogen and oxygen atoms in total. The first-order valence-corrected chi connectivity index (χ1v) is 14.3. The van der Waals surface area contributed by atoms with Gasteiger partial charge in [-0.25, -0.2) is 8.42 Å². The topological polar surface area (TPSA) is 165 Å². The molecule has 212 valence electrons. The minimum atomic E-state index is -3.13. The molecule has 0 atom stereocenters. The Balaban J connectivity index is -0.00000173. The van der Waals surface area contributed by atoms with Gasteiger partial charge in [0.2, 0.25) is 0 Å². The fraction of sp³-hybridized carbons (Fsp3) is 0.444. The fourth-order valence-electron chi connectivity index (χ4n) is 3.40. The van der Waals surface area contributed by atoms with Crippen LogP contribution in [0.2, 0.25) is 0 Å². The van der Waals surface area contributed by atoms with Crippen molar-refractivity contribution >= 4 is 38.7 Å². The fourth-order valence-corrected chi connectivity index (χ4v) is 5.91. The Morgan fingerprint density at radius 1 is 0.744 bits per heavy atom. The van der Waals surface area contributed by atoms with E-state index in [0.29, 0.717) is 68.6 Å². The van der Waals surface area contributed by atoms with E-state index in [9.17, 15) is 22.8 Å². The average molecular weight is 663 g/mol. The number of aryl methyl sites for hydroxylation is 1. The molecule has 1 saturated carbocycles. The number of carboxylic acid groups (broad SMARTS) is 1. The normalized spacial score (nSPS) is 12.2. The molecule has 6 radical (unpaired) electrons. The van der Waals surface area contributed by atoms with Crippen molar-refractivity contribution in [3.63, 3.8) is 0 Å². The molecule has 0 bridgehead atoms. The number of carbonyl (C=O) groups is 3. The van der Waals surface area contributed by atoms with Gasteiger partial charge in [0.25, 0.3) is 0 Å². The van der Waals surface area contributed by atoms with Crippen LogP contribution in [0.5, 0.6) is 0 Å². The Labute approximate surface area is 249 Å². The summed E-state index contributed by atoms with van der Waals surface area (Å²) >= 11 is 1.41. The van der Waals surface area contributed by atoms with Crippen molar-refractivity contribution in [2.45, 2.75) is 64.2 Å². The van der Waals surface area contributed by atoms with Gasteiger partial charge in [0.1, 0.15) is 15.6 Å². The van der Waals surface area contributed by atoms with Crippen molar-refractivity contribution in [1.29, 1.82) is 0 Å². The van der Waals surface area contributed by atoms with Gasteiger partial charge in [-0.1, -0.05) is 6.42 Å². The number of thiophene rings is 1. The van der Waals surface area contributed by atoms with E-state index in [1.165, 1.54) is 11.3 Å². The standard InChI is InChI=1S/C24H31O6S2.3CO.Tc/c25-21(19-9-3-4-10-19)12-5-7-18-32(29,30)17-6-1-2-13-22(26)23-16-15-20(31-23)11-8-14-24(27)28;3*1-2;/h3-4,9-10,15-16H,1-2,5-8,11-14,17-18H2,(H,27,28);;;;/i;;;;1+1. The van der Waals surface area contributed by atoms with Crippen LogP contribution in [0.3, 0.4) is 0 Å². The maximum absolute atomic E-state index is 12.3. The zero-order chi connectivity index (χ0) is 29.4. The van der Waals surface area contributed by atoms with Crippen LogP contribution in [0.1, 0.15) is 72.3 Å². The number of sulfone groups is 1. The Morgan fingerprint density at radius 3 is 1.82 bits per heavy atom. The van der Waals surface area contributed by atoms with E-state index in [-0.39, 0.29) is 49.6 Å². The van der Waals surface area contributed by atoms with Gasteiger partial charge in [-0.05, 0) is 76.3 Å². The van der Waals surface area contributed by atoms with E-state index in [4.69, 9.17) is 19.1 Å². The van der Waals surface area contributed by atoms with E-state index in [0.717, 1.165) is 4.88 Å². The Kier molecular flexibility index (Phi) is 28.5. The third-order valence-electron chi connectivity index (χ3n) is 5.20. The van der Waals surface area contributed by atoms with Gasteiger partial charge >= 0.3 is 39.9 Å². The first kappa shape index (κ1) is 41.8. The van der Waals surface area contributed by atoms with E-state index in [1.54, 1.807) is 18.9 Å². The van der Waals surface area contributed by atoms with E-state index in [2.05, 4.69) is 20.0 Å². The van der Waals surface area contributed by atoms with Gasteiger partial charge < -0.3 is 5.11 Å². The molecule has 2 rings (SSSR count). The molecule has 1 aliphatic carbocycles. The summed E-state index contributed by atoms with van der Waals surface area (Å²) in [6.07, 6.45) is 12.2. The monoisotopic (exact) mass is 662 g/mol. The summed E-state index contributed by atoms with van der Waals surface area (Å²) in [7, 11) is -3.13. The number of Topliss-reactive ketones (excluding diaryl/α,β-unsaturated/α-hetero) is 2. The molecule has 39 heavy (non-hydrogen) atoms. The van der Waals surface area contributed by atoms with E-state index >= 15 is 0 Å². The molecule has 0 spiro atoms. The molecular weight excluding hydrogens is 631 g/mol. The van der Waals surface area contributed by atoms with Gasteiger partial charge in [0.05, 0.1) is 16.4 Å². The van der Waals surface area contributed by atoms with Crippen LogP contribution in [0.15, 0.2) is 12.1 Å². The van der Waals surface area contributed by atoms with Gasteiger partial charge in [-0.15, -0.1) is 11.3 Å². The molecule has 1 fully saturated rings. The van der Waals surface area contributed by atoms with Crippen molar-refractivity contribution < 1.29 is 62.0 Å². The number of hydrogen-bond donors (Lipinski definition) is 1. The zero-order valence-electron chi connectivity index (χ0n) is 21.4. The van der Waals surface area contributed by atoms with Crippen molar-refractivity contribution in [2.24, 2.45) is 0 Å². The number of aliphatic carboxylic acids is 1. The predicted molar refractivity (Wildman–Crippen MR) is 137 cm³/mol. The van der Waals surface area contributed by atoms with Crippen LogP contribution in [0.4, 0.5) is 0 Å². The van der Waals surface area contributed by atoms with Crippen LogP contribution in [0.25, 0.3) is 0 Å². The maximum atomic E-state index is 12.3. The number of carbonyl (C=O) groups excluding carboxylic acids is 2. The third kappa shape index (κ3) is 20.8. The molecule has 0 saturated heterocycles. The Hall–Kier alpha value is -1.67. The number of rotatable bonds is 17. The minimum absolute atomic E-state index is 0. The second-order valence-corrected chi connectivity index (χ2v) is 11.4. The second-order valence-electron chi connectivity index (χ2n) is 7.95. The number of hydrogen-bond acceptors (Lipinski definition) is 6. The summed E-state index contributed by atoms with van der Waals surface area (Å²) in [6.45, 7) is 13.5. The van der Waals surface area contributed by atoms with Crippen LogP contribution in [0, 0.1) is 51.6 Å². The molecule has 0 aliphatic heterocycles. The predicted octanol–water partition coefficient (Wildman–Crippen LogP) is 4.34. The summed E-state index contributed by atoms with van der Waals surface area (Å²) < 4.78 is 46.8. The summed E-state index contributed by atoms with van der Waals surface area (Å²) in [4.78, 5) is 36.4. The number of unbranched alkanes of at least 4 members (excludes halogenated alkanes) is 3. The van der Waals surface area contributed by atoms with Gasteiger partial charge in [0.15, 0.2) is 5.78 Å². The van der Waals surface area contributed by atoms with Gasteiger partial charge in [-0.2, -0.15) is 0 Å². The van der Waals surface area contributed by atoms with Gasteiger partial charge in [0, 0.05) is 50.2 Å². The summed E-state index contributed by atoms with van der Waals surface area (Å²) in [6, 6.07) is 3.66. The first-order chi connectivity index (χ1) is 18.3. The molecule has 0 unspecified atom stereocenters. The molecular formula is C27H31O9S2Tc. The molecule has 0 aromatic carbocycles. The van der Waals surface area contributed by atoms with Crippen molar-refractivity contribution in [1.82, 2.24) is 0 Å². The van der Waals surface area contributed by atoms with Crippen molar-refractivity contribution in [3.8, 4) is 0 Å². The van der Waals surface area contributed by atoms with Crippen LogP contribution >= 0.6 is 11.3 Å². The molecule has 12 heteroatoms. The molecule has 1 N–H and O–H groups in total. The van der Waals surface area contributed by atoms with Crippen molar-refractivity contribution in [3.05, 3.63) is 73.4 Å². The SMILES string of the molecule is O=C(O)CCCc1ccc(C(=O)CCCCCS(=O)(=O)CCCCC(=O)[C]2[CH][CH][CH][CH]2)s1.[99Tc].[C-]#[O+].[C-]#[O+].[C-]#[O+]. The summed E-state index contributed by atoms with van der Waals surface area (Å²) in [5, 5.41) is 8.68. The molecule has 1 heterocycles. The summed E-state index contributed by atoms with van der Waals surface area (Å²) in [5.41, 5.74) is 0.